The van der Waals surface area contributed by atoms with Crippen molar-refractivity contribution in [2.75, 3.05) is 4.90 Å². The monoisotopic (exact) mass is 370 g/mol. The number of fused-ring (bicyclic) bond motifs is 2. The maximum absolute atomic E-state index is 12.3. The van der Waals surface area contributed by atoms with E-state index >= 15 is 0 Å². The second-order valence-corrected chi connectivity index (χ2v) is 6.85. The van der Waals surface area contributed by atoms with Crippen LogP contribution in [0.3, 0.4) is 0 Å². The van der Waals surface area contributed by atoms with Crippen molar-refractivity contribution in [2.24, 2.45) is 0 Å². The van der Waals surface area contributed by atoms with E-state index in [1.54, 1.807) is 30.5 Å². The Bertz CT molecular complexity index is 1100. The summed E-state index contributed by atoms with van der Waals surface area (Å²) in [6.07, 6.45) is 2.27. The van der Waals surface area contributed by atoms with E-state index in [-0.39, 0.29) is 22.2 Å². The fraction of sp³-hybridized carbons (Fsp3) is 0.222. The quantitative estimate of drug-likeness (QED) is 0.522. The third kappa shape index (κ3) is 2.80. The predicted octanol–water partition coefficient (Wildman–Crippen LogP) is 3.21. The fourth-order valence-electron chi connectivity index (χ4n) is 3.42. The molecule has 3 heterocycles. The zero-order valence-electron chi connectivity index (χ0n) is 13.9. The topological polar surface area (TPSA) is 80.8 Å². The molecule has 0 aliphatic carbocycles. The van der Waals surface area contributed by atoms with Gasteiger partial charge in [-0.1, -0.05) is 11.6 Å². The van der Waals surface area contributed by atoms with Gasteiger partial charge in [0.05, 0.1) is 22.2 Å². The number of anilines is 1. The van der Waals surface area contributed by atoms with E-state index in [9.17, 15) is 14.9 Å². The van der Waals surface area contributed by atoms with Crippen LogP contribution in [0.25, 0.3) is 5.65 Å². The Kier molecular flexibility index (Phi) is 3.88. The van der Waals surface area contributed by atoms with Crippen LogP contribution in [-0.4, -0.2) is 20.3 Å². The van der Waals surface area contributed by atoms with Crippen molar-refractivity contribution in [1.82, 2.24) is 9.38 Å². The van der Waals surface area contributed by atoms with Crippen molar-refractivity contribution in [3.63, 3.8) is 0 Å². The first-order chi connectivity index (χ1) is 12.4. The average molecular weight is 371 g/mol. The van der Waals surface area contributed by atoms with Crippen molar-refractivity contribution in [3.05, 3.63) is 79.3 Å². The number of pyridine rings is 1. The van der Waals surface area contributed by atoms with Gasteiger partial charge < -0.3 is 4.90 Å². The smallest absolute Gasteiger partial charge is 0.269 e. The Morgan fingerprint density at radius 2 is 2.12 bits per heavy atom. The number of nitro benzene ring substituents is 1. The second-order valence-electron chi connectivity index (χ2n) is 6.41. The highest BCUT2D eigenvalue weighted by atomic mass is 35.5. The van der Waals surface area contributed by atoms with Crippen LogP contribution in [-0.2, 0) is 13.0 Å². The summed E-state index contributed by atoms with van der Waals surface area (Å²) in [5.74, 6) is 0. The van der Waals surface area contributed by atoms with Gasteiger partial charge in [-0.2, -0.15) is 0 Å². The van der Waals surface area contributed by atoms with Gasteiger partial charge in [-0.05, 0) is 37.1 Å². The average Bonchev–Trinajstić information content (AvgIpc) is 2.90. The molecule has 0 spiro atoms. The molecule has 0 N–H and O–H groups in total. The molecule has 7 nitrogen and oxygen atoms in total. The molecule has 0 amide bonds. The molecular weight excluding hydrogens is 356 g/mol. The molecule has 1 atom stereocenters. The van der Waals surface area contributed by atoms with Crippen LogP contribution in [0.2, 0.25) is 5.02 Å². The van der Waals surface area contributed by atoms with Gasteiger partial charge in [0.15, 0.2) is 0 Å². The molecule has 0 fully saturated rings. The van der Waals surface area contributed by atoms with E-state index < -0.39 is 0 Å². The van der Waals surface area contributed by atoms with Gasteiger partial charge in [0.2, 0.25) is 0 Å². The number of hydrogen-bond acceptors (Lipinski definition) is 5. The summed E-state index contributed by atoms with van der Waals surface area (Å²) in [5, 5.41) is 11.4. The molecule has 0 bridgehead atoms. The van der Waals surface area contributed by atoms with E-state index in [1.807, 2.05) is 0 Å². The molecule has 1 aliphatic rings. The van der Waals surface area contributed by atoms with Gasteiger partial charge in [0.1, 0.15) is 5.65 Å². The zero-order valence-corrected chi connectivity index (χ0v) is 14.7. The van der Waals surface area contributed by atoms with Crippen molar-refractivity contribution < 1.29 is 4.92 Å². The number of non-ortho nitro benzene ring substituents is 1. The Labute approximate surface area is 153 Å². The number of nitro groups is 1. The van der Waals surface area contributed by atoms with Crippen molar-refractivity contribution >= 4 is 28.6 Å². The minimum Gasteiger partial charge on any atom is -0.362 e. The lowest BCUT2D eigenvalue weighted by molar-refractivity contribution is -0.384. The number of hydrogen-bond donors (Lipinski definition) is 0. The Morgan fingerprint density at radius 1 is 1.31 bits per heavy atom. The van der Waals surface area contributed by atoms with E-state index in [2.05, 4.69) is 16.8 Å². The lowest BCUT2D eigenvalue weighted by Gasteiger charge is -2.24. The first-order valence-corrected chi connectivity index (χ1v) is 8.52. The highest BCUT2D eigenvalue weighted by molar-refractivity contribution is 6.30. The first-order valence-electron chi connectivity index (χ1n) is 8.14. The third-order valence-corrected chi connectivity index (χ3v) is 4.86. The lowest BCUT2D eigenvalue weighted by atomic mass is 10.1. The van der Waals surface area contributed by atoms with Crippen molar-refractivity contribution in [1.29, 1.82) is 0 Å². The SMILES string of the molecule is CC1Cc2cc([N+](=O)[O-])ccc2N1Cc1cc(=O)n2cc(Cl)ccc2n1. The van der Waals surface area contributed by atoms with Crippen molar-refractivity contribution in [2.45, 2.75) is 25.9 Å². The summed E-state index contributed by atoms with van der Waals surface area (Å²) in [6, 6.07) is 9.96. The third-order valence-electron chi connectivity index (χ3n) is 4.64. The molecule has 132 valence electrons. The van der Waals surface area contributed by atoms with Gasteiger partial charge in [0.25, 0.3) is 11.2 Å². The molecule has 1 aromatic carbocycles. The minimum atomic E-state index is -0.384. The van der Waals surface area contributed by atoms with Gasteiger partial charge in [-0.3, -0.25) is 19.3 Å². The minimum absolute atomic E-state index is 0.0942. The number of benzene rings is 1. The highest BCUT2D eigenvalue weighted by Gasteiger charge is 2.28. The van der Waals surface area contributed by atoms with Crippen LogP contribution in [0.4, 0.5) is 11.4 Å². The largest absolute Gasteiger partial charge is 0.362 e. The predicted molar refractivity (Wildman–Crippen MR) is 98.9 cm³/mol. The lowest BCUT2D eigenvalue weighted by Crippen LogP contribution is -2.30. The van der Waals surface area contributed by atoms with E-state index in [4.69, 9.17) is 11.6 Å². The van der Waals surface area contributed by atoms with Gasteiger partial charge in [-0.25, -0.2) is 4.98 Å². The summed E-state index contributed by atoms with van der Waals surface area (Å²) in [6.45, 7) is 2.51. The van der Waals surface area contributed by atoms with Gasteiger partial charge in [0, 0.05) is 36.1 Å². The van der Waals surface area contributed by atoms with Crippen LogP contribution in [0, 0.1) is 10.1 Å². The number of halogens is 1. The molecule has 2 aromatic heterocycles. The molecular formula is C18H15ClN4O3. The standard InChI is InChI=1S/C18H15ClN4O3/c1-11-6-12-7-15(23(25)26)3-4-16(12)21(11)10-14-8-18(24)22-9-13(19)2-5-17(22)20-14/h2-5,7-9,11H,6,10H2,1H3. The summed E-state index contributed by atoms with van der Waals surface area (Å²) in [4.78, 5) is 29.6. The fourth-order valence-corrected chi connectivity index (χ4v) is 3.58. The first kappa shape index (κ1) is 16.5. The number of rotatable bonds is 3. The Hall–Kier alpha value is -2.93. The molecule has 0 radical (unpaired) electrons. The van der Waals surface area contributed by atoms with E-state index in [0.29, 0.717) is 22.9 Å². The van der Waals surface area contributed by atoms with Crippen LogP contribution in [0.5, 0.6) is 0 Å². The van der Waals surface area contributed by atoms with Gasteiger partial charge >= 0.3 is 0 Å². The van der Waals surface area contributed by atoms with Crippen LogP contribution in [0.15, 0.2) is 47.4 Å². The number of aromatic nitrogens is 2. The Morgan fingerprint density at radius 3 is 2.88 bits per heavy atom. The summed E-state index contributed by atoms with van der Waals surface area (Å²) in [7, 11) is 0. The van der Waals surface area contributed by atoms with Crippen molar-refractivity contribution in [3.8, 4) is 0 Å². The van der Waals surface area contributed by atoms with E-state index in [1.165, 1.54) is 16.5 Å². The maximum Gasteiger partial charge on any atom is 0.269 e. The van der Waals surface area contributed by atoms with Crippen LogP contribution >= 0.6 is 11.6 Å². The number of nitrogens with zero attached hydrogens (tertiary/aromatic N) is 4. The molecule has 1 aliphatic heterocycles. The molecule has 8 heteroatoms. The Balaban J connectivity index is 1.70. The summed E-state index contributed by atoms with van der Waals surface area (Å²) in [5.41, 5.74) is 2.97. The molecule has 0 saturated carbocycles. The molecule has 1 unspecified atom stereocenters. The molecule has 3 aromatic rings. The van der Waals surface area contributed by atoms with Gasteiger partial charge in [-0.15, -0.1) is 0 Å². The summed E-state index contributed by atoms with van der Waals surface area (Å²) < 4.78 is 1.41. The second kappa shape index (κ2) is 6.10. The maximum atomic E-state index is 12.3. The zero-order chi connectivity index (χ0) is 18.4. The summed E-state index contributed by atoms with van der Waals surface area (Å²) >= 11 is 5.93. The highest BCUT2D eigenvalue weighted by Crippen LogP contribution is 2.35. The normalized spacial score (nSPS) is 16.1. The molecule has 26 heavy (non-hydrogen) atoms. The molecule has 0 saturated heterocycles. The van der Waals surface area contributed by atoms with Crippen LogP contribution in [0.1, 0.15) is 18.2 Å². The van der Waals surface area contributed by atoms with Crippen LogP contribution < -0.4 is 10.5 Å². The van der Waals surface area contributed by atoms with E-state index in [0.717, 1.165) is 17.7 Å². The molecule has 4 rings (SSSR count).